The number of pyridine rings is 1. The van der Waals surface area contributed by atoms with E-state index in [1.54, 1.807) is 0 Å². The van der Waals surface area contributed by atoms with Gasteiger partial charge in [0.1, 0.15) is 33.9 Å². The highest BCUT2D eigenvalue weighted by molar-refractivity contribution is 5.96. The summed E-state index contributed by atoms with van der Waals surface area (Å²) < 4.78 is 2.39. The molecule has 45 heavy (non-hydrogen) atoms. The van der Waals surface area contributed by atoms with Gasteiger partial charge in [0.05, 0.1) is 23.8 Å². The number of aromatic hydroxyl groups is 2. The largest absolute Gasteiger partial charge is 0.505 e. The Morgan fingerprint density at radius 2 is 1.20 bits per heavy atom. The minimum Gasteiger partial charge on any atom is -0.505 e. The standard InChI is InChI=1S/C30H26N8O7/c39-26-18(29(42)43)8-4-10-24(26)37-14-22(33-35-37)20-12-16(28(41)31-17-6-2-1-3-7-17)13-21(32-20)23-15-38(36-34-23)25-11-5-9-19(27(25)40)30(44)45/h4-5,8-15,17,39-40H,1-3,6-7H2,(H,31,41)(H,42,43)(H,44,45). The molecule has 0 atom stereocenters. The first-order valence-electron chi connectivity index (χ1n) is 14.0. The summed E-state index contributed by atoms with van der Waals surface area (Å²) in [6.45, 7) is 0. The molecule has 5 aromatic rings. The van der Waals surface area contributed by atoms with E-state index in [4.69, 9.17) is 0 Å². The molecule has 0 radical (unpaired) electrons. The monoisotopic (exact) mass is 610 g/mol. The number of hydrogen-bond donors (Lipinski definition) is 5. The molecule has 0 bridgehead atoms. The number of carbonyl (C=O) groups excluding carboxylic acids is 1. The average molecular weight is 611 g/mol. The predicted octanol–water partition coefficient (Wildman–Crippen LogP) is 3.45. The van der Waals surface area contributed by atoms with Gasteiger partial charge in [-0.2, -0.15) is 0 Å². The van der Waals surface area contributed by atoms with Gasteiger partial charge in [-0.1, -0.05) is 41.8 Å². The molecule has 0 spiro atoms. The molecule has 6 rings (SSSR count). The Kier molecular flexibility index (Phi) is 7.64. The van der Waals surface area contributed by atoms with Crippen LogP contribution in [0.2, 0.25) is 0 Å². The molecular formula is C30H26N8O7. The molecule has 1 aliphatic carbocycles. The molecule has 5 N–H and O–H groups in total. The van der Waals surface area contributed by atoms with Crippen molar-refractivity contribution in [3.8, 4) is 45.6 Å². The van der Waals surface area contributed by atoms with Crippen molar-refractivity contribution in [3.05, 3.63) is 77.6 Å². The van der Waals surface area contributed by atoms with Crippen molar-refractivity contribution in [1.29, 1.82) is 0 Å². The van der Waals surface area contributed by atoms with E-state index >= 15 is 0 Å². The molecule has 0 unspecified atom stereocenters. The third-order valence-corrected chi connectivity index (χ3v) is 7.52. The summed E-state index contributed by atoms with van der Waals surface area (Å²) in [5.74, 6) is -3.95. The first-order valence-corrected chi connectivity index (χ1v) is 14.0. The Morgan fingerprint density at radius 3 is 1.67 bits per heavy atom. The van der Waals surface area contributed by atoms with Gasteiger partial charge >= 0.3 is 11.9 Å². The molecule has 1 amide bonds. The minimum absolute atomic E-state index is 0.0297. The number of aromatic nitrogens is 7. The number of nitrogens with one attached hydrogen (secondary N) is 1. The maximum atomic E-state index is 13.4. The van der Waals surface area contributed by atoms with E-state index in [-0.39, 0.29) is 62.8 Å². The van der Waals surface area contributed by atoms with Crippen LogP contribution in [0, 0.1) is 0 Å². The van der Waals surface area contributed by atoms with E-state index in [1.165, 1.54) is 70.3 Å². The van der Waals surface area contributed by atoms with Crippen LogP contribution in [-0.2, 0) is 0 Å². The number of para-hydroxylation sites is 2. The number of aromatic carboxylic acids is 2. The van der Waals surface area contributed by atoms with Crippen LogP contribution in [0.5, 0.6) is 11.5 Å². The van der Waals surface area contributed by atoms with E-state index in [9.17, 15) is 34.8 Å². The van der Waals surface area contributed by atoms with Crippen LogP contribution < -0.4 is 5.32 Å². The maximum absolute atomic E-state index is 13.4. The van der Waals surface area contributed by atoms with Crippen LogP contribution >= 0.6 is 0 Å². The Balaban J connectivity index is 1.40. The predicted molar refractivity (Wildman–Crippen MR) is 157 cm³/mol. The lowest BCUT2D eigenvalue weighted by molar-refractivity contribution is 0.0682. The van der Waals surface area contributed by atoms with Gasteiger partial charge in [-0.3, -0.25) is 4.79 Å². The number of nitrogens with zero attached hydrogens (tertiary/aromatic N) is 7. The molecule has 1 fully saturated rings. The van der Waals surface area contributed by atoms with Gasteiger partial charge in [0.15, 0.2) is 11.5 Å². The summed E-state index contributed by atoms with van der Waals surface area (Å²) >= 11 is 0. The zero-order chi connectivity index (χ0) is 31.7. The fraction of sp³-hybridized carbons (Fsp3) is 0.200. The molecule has 15 heteroatoms. The van der Waals surface area contributed by atoms with Gasteiger partial charge in [0.2, 0.25) is 0 Å². The quantitative estimate of drug-likeness (QED) is 0.171. The molecule has 1 aliphatic rings. The van der Waals surface area contributed by atoms with Gasteiger partial charge in [-0.05, 0) is 49.2 Å². The van der Waals surface area contributed by atoms with E-state index in [0.717, 1.165) is 32.1 Å². The van der Waals surface area contributed by atoms with Gasteiger partial charge in [-0.25, -0.2) is 23.9 Å². The minimum atomic E-state index is -1.31. The molecule has 2 aromatic carbocycles. The van der Waals surface area contributed by atoms with Crippen LogP contribution in [-0.4, -0.2) is 79.3 Å². The molecule has 3 aromatic heterocycles. The van der Waals surface area contributed by atoms with E-state index in [2.05, 4.69) is 30.9 Å². The summed E-state index contributed by atoms with van der Waals surface area (Å²) in [6, 6.07) is 11.5. The number of rotatable bonds is 8. The first-order chi connectivity index (χ1) is 21.7. The number of carboxylic acid groups (broad SMARTS) is 2. The highest BCUT2D eigenvalue weighted by atomic mass is 16.4. The third-order valence-electron chi connectivity index (χ3n) is 7.52. The molecule has 228 valence electrons. The second kappa shape index (κ2) is 11.9. The SMILES string of the molecule is O=C(NC1CCCCC1)c1cc(-c2cn(-c3cccc(C(=O)O)c3O)nn2)nc(-c2cn(-c3cccc(C(=O)O)c3O)nn2)c1. The Labute approximate surface area is 254 Å². The van der Waals surface area contributed by atoms with Crippen LogP contribution in [0.3, 0.4) is 0 Å². The first kappa shape index (κ1) is 29.0. The van der Waals surface area contributed by atoms with Crippen molar-refractivity contribution in [3.63, 3.8) is 0 Å². The Bertz CT molecular complexity index is 1820. The van der Waals surface area contributed by atoms with Crippen molar-refractivity contribution in [2.45, 2.75) is 38.1 Å². The lowest BCUT2D eigenvalue weighted by Crippen LogP contribution is -2.36. The third kappa shape index (κ3) is 5.78. The topological polar surface area (TPSA) is 218 Å². The van der Waals surface area contributed by atoms with Gasteiger partial charge in [0, 0.05) is 11.6 Å². The Hall–Kier alpha value is -6.12. The number of phenols is 2. The van der Waals surface area contributed by atoms with Gasteiger partial charge in [0.25, 0.3) is 5.91 Å². The molecular weight excluding hydrogens is 584 g/mol. The highest BCUT2D eigenvalue weighted by Gasteiger charge is 2.22. The molecule has 0 saturated heterocycles. The van der Waals surface area contributed by atoms with Gasteiger partial charge < -0.3 is 25.7 Å². The van der Waals surface area contributed by atoms with Crippen LogP contribution in [0.4, 0.5) is 0 Å². The van der Waals surface area contributed by atoms with Crippen molar-refractivity contribution in [2.75, 3.05) is 0 Å². The highest BCUT2D eigenvalue weighted by Crippen LogP contribution is 2.30. The molecule has 3 heterocycles. The lowest BCUT2D eigenvalue weighted by Gasteiger charge is -2.22. The summed E-state index contributed by atoms with van der Waals surface area (Å²) in [5, 5.41) is 59.2. The van der Waals surface area contributed by atoms with Crippen LogP contribution in [0.1, 0.15) is 63.2 Å². The number of carboxylic acids is 2. The molecule has 0 aliphatic heterocycles. The van der Waals surface area contributed by atoms with E-state index in [0.29, 0.717) is 0 Å². The zero-order valence-corrected chi connectivity index (χ0v) is 23.5. The fourth-order valence-electron chi connectivity index (χ4n) is 5.22. The number of hydrogen-bond acceptors (Lipinski definition) is 10. The summed E-state index contributed by atoms with van der Waals surface area (Å²) in [7, 11) is 0. The van der Waals surface area contributed by atoms with Gasteiger partial charge in [-0.15, -0.1) is 10.2 Å². The number of carbonyl (C=O) groups is 3. The lowest BCUT2D eigenvalue weighted by atomic mass is 9.95. The average Bonchev–Trinajstić information content (AvgIpc) is 3.72. The maximum Gasteiger partial charge on any atom is 0.339 e. The van der Waals surface area contributed by atoms with Crippen molar-refractivity contribution in [2.24, 2.45) is 0 Å². The van der Waals surface area contributed by atoms with E-state index in [1.807, 2.05) is 0 Å². The van der Waals surface area contributed by atoms with Crippen molar-refractivity contribution in [1.82, 2.24) is 40.3 Å². The Morgan fingerprint density at radius 1 is 0.711 bits per heavy atom. The van der Waals surface area contributed by atoms with Crippen LogP contribution in [0.25, 0.3) is 34.2 Å². The fourth-order valence-corrected chi connectivity index (χ4v) is 5.22. The normalized spacial score (nSPS) is 13.4. The summed E-state index contributed by atoms with van der Waals surface area (Å²) in [5.41, 5.74) is 0.668. The summed E-state index contributed by atoms with van der Waals surface area (Å²) in [6.07, 6.45) is 7.78. The smallest absolute Gasteiger partial charge is 0.339 e. The van der Waals surface area contributed by atoms with Crippen molar-refractivity contribution < 1.29 is 34.8 Å². The van der Waals surface area contributed by atoms with E-state index < -0.39 is 23.4 Å². The summed E-state index contributed by atoms with van der Waals surface area (Å²) in [4.78, 5) is 41.1. The second-order valence-corrected chi connectivity index (χ2v) is 10.5. The molecule has 15 nitrogen and oxygen atoms in total. The molecule has 1 saturated carbocycles. The number of benzene rings is 2. The van der Waals surface area contributed by atoms with Crippen molar-refractivity contribution >= 4 is 17.8 Å². The zero-order valence-electron chi connectivity index (χ0n) is 23.5. The number of amides is 1. The second-order valence-electron chi connectivity index (χ2n) is 10.5. The van der Waals surface area contributed by atoms with Crippen LogP contribution in [0.15, 0.2) is 60.9 Å².